The quantitative estimate of drug-likeness (QED) is 0.908. The number of hydrogen-bond donors (Lipinski definition) is 1. The number of rotatable bonds is 5. The standard InChI is InChI=1S/C18H26N2O3/c1-3-22-16-12-15(18(16)10-7-11-23-18)19-17(21)20(2)13-14-8-5-4-6-9-14/h4-6,8-9,15-16H,3,7,10-13H2,1-2H3,(H,19,21)/t15-,16-,18+/m1/s1. The van der Waals surface area contributed by atoms with Gasteiger partial charge in [0, 0.05) is 26.8 Å². The van der Waals surface area contributed by atoms with Crippen molar-refractivity contribution in [2.24, 2.45) is 0 Å². The molecular weight excluding hydrogens is 292 g/mol. The summed E-state index contributed by atoms with van der Waals surface area (Å²) in [7, 11) is 1.82. The van der Waals surface area contributed by atoms with Gasteiger partial charge < -0.3 is 19.7 Å². The van der Waals surface area contributed by atoms with Crippen LogP contribution in [0.3, 0.4) is 0 Å². The third-order valence-corrected chi connectivity index (χ3v) is 4.94. The van der Waals surface area contributed by atoms with E-state index < -0.39 is 0 Å². The molecule has 2 amide bonds. The molecule has 3 rings (SSSR count). The number of carbonyl (C=O) groups excluding carboxylic acids is 1. The summed E-state index contributed by atoms with van der Waals surface area (Å²) in [4.78, 5) is 14.2. The van der Waals surface area contributed by atoms with Gasteiger partial charge in [-0.1, -0.05) is 30.3 Å². The molecule has 3 atom stereocenters. The second-order valence-corrected chi connectivity index (χ2v) is 6.43. The molecule has 1 spiro atoms. The topological polar surface area (TPSA) is 50.8 Å². The summed E-state index contributed by atoms with van der Waals surface area (Å²) in [6.45, 7) is 4.05. The largest absolute Gasteiger partial charge is 0.375 e. The molecule has 1 aliphatic carbocycles. The Morgan fingerprint density at radius 2 is 2.22 bits per heavy atom. The Hall–Kier alpha value is -1.59. The first-order chi connectivity index (χ1) is 11.2. The van der Waals surface area contributed by atoms with Gasteiger partial charge in [0.05, 0.1) is 12.1 Å². The molecule has 0 radical (unpaired) electrons. The first-order valence-electron chi connectivity index (χ1n) is 8.47. The lowest BCUT2D eigenvalue weighted by atomic mass is 9.70. The van der Waals surface area contributed by atoms with Crippen LogP contribution in [0.5, 0.6) is 0 Å². The zero-order chi connectivity index (χ0) is 16.3. The third-order valence-electron chi connectivity index (χ3n) is 4.94. The Bertz CT molecular complexity index is 528. The van der Waals surface area contributed by atoms with Crippen LogP contribution in [0.25, 0.3) is 0 Å². The molecular formula is C18H26N2O3. The average molecular weight is 318 g/mol. The Morgan fingerprint density at radius 1 is 1.43 bits per heavy atom. The SMILES string of the molecule is CCO[C@@H]1C[C@@H](NC(=O)N(C)Cc2ccccc2)[C@@]12CCCO2. The molecule has 2 aliphatic rings. The van der Waals surface area contributed by atoms with Crippen LogP contribution in [0.1, 0.15) is 31.7 Å². The Morgan fingerprint density at radius 3 is 2.87 bits per heavy atom. The van der Waals surface area contributed by atoms with Crippen molar-refractivity contribution in [3.63, 3.8) is 0 Å². The van der Waals surface area contributed by atoms with Gasteiger partial charge in [-0.25, -0.2) is 4.79 Å². The van der Waals surface area contributed by atoms with Crippen LogP contribution in [-0.2, 0) is 16.0 Å². The minimum Gasteiger partial charge on any atom is -0.375 e. The summed E-state index contributed by atoms with van der Waals surface area (Å²) in [6.07, 6.45) is 2.94. The van der Waals surface area contributed by atoms with E-state index in [4.69, 9.17) is 9.47 Å². The highest BCUT2D eigenvalue weighted by Gasteiger charge is 2.59. The number of carbonyl (C=O) groups is 1. The van der Waals surface area contributed by atoms with Crippen LogP contribution in [0.15, 0.2) is 30.3 Å². The lowest BCUT2D eigenvalue weighted by Gasteiger charge is -2.52. The summed E-state index contributed by atoms with van der Waals surface area (Å²) in [5, 5.41) is 3.14. The Balaban J connectivity index is 1.57. The van der Waals surface area contributed by atoms with Crippen molar-refractivity contribution < 1.29 is 14.3 Å². The molecule has 1 saturated heterocycles. The molecule has 0 bridgehead atoms. The summed E-state index contributed by atoms with van der Waals surface area (Å²) < 4.78 is 11.8. The number of nitrogens with one attached hydrogen (secondary N) is 1. The van der Waals surface area contributed by atoms with Crippen molar-refractivity contribution in [3.8, 4) is 0 Å². The third kappa shape index (κ3) is 3.21. The number of urea groups is 1. The number of ether oxygens (including phenoxy) is 2. The molecule has 126 valence electrons. The van der Waals surface area contributed by atoms with Gasteiger partial charge >= 0.3 is 6.03 Å². The second-order valence-electron chi connectivity index (χ2n) is 6.43. The number of nitrogens with zero attached hydrogens (tertiary/aromatic N) is 1. The molecule has 5 heteroatoms. The van der Waals surface area contributed by atoms with Gasteiger partial charge in [-0.05, 0) is 31.7 Å². The fraction of sp³-hybridized carbons (Fsp3) is 0.611. The van der Waals surface area contributed by atoms with Crippen molar-refractivity contribution in [1.29, 1.82) is 0 Å². The van der Waals surface area contributed by atoms with E-state index in [2.05, 4.69) is 5.32 Å². The number of hydrogen-bond acceptors (Lipinski definition) is 3. The van der Waals surface area contributed by atoms with E-state index >= 15 is 0 Å². The van der Waals surface area contributed by atoms with Gasteiger partial charge in [-0.15, -0.1) is 0 Å². The maximum atomic E-state index is 12.5. The van der Waals surface area contributed by atoms with E-state index in [0.717, 1.165) is 31.4 Å². The van der Waals surface area contributed by atoms with Crippen molar-refractivity contribution in [2.45, 2.75) is 50.5 Å². The molecule has 1 aromatic carbocycles. The molecule has 1 N–H and O–H groups in total. The molecule has 1 saturated carbocycles. The lowest BCUT2D eigenvalue weighted by molar-refractivity contribution is -0.195. The fourth-order valence-electron chi connectivity index (χ4n) is 3.67. The van der Waals surface area contributed by atoms with Crippen LogP contribution in [0.2, 0.25) is 0 Å². The zero-order valence-electron chi connectivity index (χ0n) is 14.0. The van der Waals surface area contributed by atoms with Crippen LogP contribution in [0, 0.1) is 0 Å². The molecule has 2 fully saturated rings. The Kier molecular flexibility index (Phi) is 4.87. The van der Waals surface area contributed by atoms with Crippen molar-refractivity contribution in [1.82, 2.24) is 10.2 Å². The van der Waals surface area contributed by atoms with E-state index in [1.54, 1.807) is 4.90 Å². The van der Waals surface area contributed by atoms with E-state index in [-0.39, 0.29) is 23.8 Å². The first kappa shape index (κ1) is 16.3. The molecule has 23 heavy (non-hydrogen) atoms. The van der Waals surface area contributed by atoms with Crippen LogP contribution in [0.4, 0.5) is 4.79 Å². The van der Waals surface area contributed by atoms with Crippen molar-refractivity contribution >= 4 is 6.03 Å². The zero-order valence-corrected chi connectivity index (χ0v) is 14.0. The van der Waals surface area contributed by atoms with E-state index in [9.17, 15) is 4.79 Å². The monoisotopic (exact) mass is 318 g/mol. The predicted octanol–water partition coefficient (Wildman–Crippen LogP) is 2.55. The highest BCUT2D eigenvalue weighted by molar-refractivity contribution is 5.74. The lowest BCUT2D eigenvalue weighted by Crippen LogP contribution is -2.70. The summed E-state index contributed by atoms with van der Waals surface area (Å²) >= 11 is 0. The van der Waals surface area contributed by atoms with E-state index in [0.29, 0.717) is 13.2 Å². The minimum atomic E-state index is -0.306. The normalized spacial score (nSPS) is 29.3. The van der Waals surface area contributed by atoms with E-state index in [1.807, 2.05) is 44.3 Å². The van der Waals surface area contributed by atoms with Crippen LogP contribution < -0.4 is 5.32 Å². The molecule has 1 aromatic rings. The number of benzene rings is 1. The summed E-state index contributed by atoms with van der Waals surface area (Å²) in [5.41, 5.74) is 0.817. The first-order valence-corrected chi connectivity index (χ1v) is 8.47. The maximum Gasteiger partial charge on any atom is 0.317 e. The molecule has 1 aliphatic heterocycles. The van der Waals surface area contributed by atoms with Crippen molar-refractivity contribution in [2.75, 3.05) is 20.3 Å². The minimum absolute atomic E-state index is 0.0484. The average Bonchev–Trinajstić information content (AvgIpc) is 3.07. The second kappa shape index (κ2) is 6.89. The molecule has 1 heterocycles. The van der Waals surface area contributed by atoms with Gasteiger partial charge in [0.1, 0.15) is 5.60 Å². The van der Waals surface area contributed by atoms with Gasteiger partial charge in [-0.2, -0.15) is 0 Å². The molecule has 0 aromatic heterocycles. The summed E-state index contributed by atoms with van der Waals surface area (Å²) in [6, 6.07) is 10.0. The van der Waals surface area contributed by atoms with Crippen LogP contribution >= 0.6 is 0 Å². The molecule has 0 unspecified atom stereocenters. The highest BCUT2D eigenvalue weighted by Crippen LogP contribution is 2.45. The van der Waals surface area contributed by atoms with Gasteiger partial charge in [0.2, 0.25) is 0 Å². The smallest absolute Gasteiger partial charge is 0.317 e. The van der Waals surface area contributed by atoms with Gasteiger partial charge in [0.25, 0.3) is 0 Å². The number of amides is 2. The van der Waals surface area contributed by atoms with E-state index in [1.165, 1.54) is 0 Å². The van der Waals surface area contributed by atoms with Crippen LogP contribution in [-0.4, -0.2) is 48.9 Å². The fourth-order valence-corrected chi connectivity index (χ4v) is 3.67. The van der Waals surface area contributed by atoms with Gasteiger partial charge in [0.15, 0.2) is 0 Å². The Labute approximate surface area is 137 Å². The van der Waals surface area contributed by atoms with Crippen molar-refractivity contribution in [3.05, 3.63) is 35.9 Å². The highest BCUT2D eigenvalue weighted by atomic mass is 16.6. The molecule has 5 nitrogen and oxygen atoms in total. The summed E-state index contributed by atoms with van der Waals surface area (Å²) in [5.74, 6) is 0. The van der Waals surface area contributed by atoms with Gasteiger partial charge in [-0.3, -0.25) is 0 Å². The predicted molar refractivity (Wildman–Crippen MR) is 88.2 cm³/mol. The maximum absolute atomic E-state index is 12.5.